The molecule has 0 bridgehead atoms. The third-order valence-corrected chi connectivity index (χ3v) is 2.10. The van der Waals surface area contributed by atoms with Crippen molar-refractivity contribution in [3.05, 3.63) is 30.1 Å². The highest BCUT2D eigenvalue weighted by atomic mass is 19.3. The Bertz CT molecular complexity index is 318. The van der Waals surface area contributed by atoms with Gasteiger partial charge in [0.25, 0.3) is 6.43 Å². The zero-order valence-corrected chi connectivity index (χ0v) is 9.09. The summed E-state index contributed by atoms with van der Waals surface area (Å²) in [6, 6.07) is 6.05. The molecule has 1 aromatic rings. The molecule has 0 radical (unpaired) electrons. The number of hydrogen-bond acceptors (Lipinski definition) is 2. The van der Waals surface area contributed by atoms with Crippen LogP contribution in [0.4, 0.5) is 18.9 Å². The molecule has 1 N–H and O–H groups in total. The van der Waals surface area contributed by atoms with Gasteiger partial charge in [0.2, 0.25) is 0 Å². The summed E-state index contributed by atoms with van der Waals surface area (Å²) in [6.45, 7) is 0.748. The average Bonchev–Trinajstić information content (AvgIpc) is 2.16. The minimum atomic E-state index is -2.32. The van der Waals surface area contributed by atoms with Gasteiger partial charge in [0, 0.05) is 18.8 Å². The summed E-state index contributed by atoms with van der Waals surface area (Å²) in [7, 11) is 1.62. The van der Waals surface area contributed by atoms with Crippen molar-refractivity contribution in [1.82, 2.24) is 4.90 Å². The van der Waals surface area contributed by atoms with Gasteiger partial charge < -0.3 is 5.32 Å². The van der Waals surface area contributed by atoms with Crippen molar-refractivity contribution in [1.29, 1.82) is 0 Å². The smallest absolute Gasteiger partial charge is 0.251 e. The second-order valence-electron chi connectivity index (χ2n) is 3.59. The highest BCUT2D eigenvalue weighted by Gasteiger charge is 2.06. The third-order valence-electron chi connectivity index (χ3n) is 2.10. The maximum absolute atomic E-state index is 12.8. The molecular formula is C11H15F3N2. The summed E-state index contributed by atoms with van der Waals surface area (Å²) in [5.74, 6) is -0.314. The van der Waals surface area contributed by atoms with Crippen molar-refractivity contribution in [2.24, 2.45) is 0 Å². The van der Waals surface area contributed by atoms with Crippen LogP contribution in [-0.2, 0) is 0 Å². The predicted octanol–water partition coefficient (Wildman–Crippen LogP) is 2.43. The van der Waals surface area contributed by atoms with E-state index in [-0.39, 0.29) is 12.4 Å². The number of benzene rings is 1. The van der Waals surface area contributed by atoms with E-state index in [1.807, 2.05) is 0 Å². The lowest BCUT2D eigenvalue weighted by molar-refractivity contribution is 0.102. The van der Waals surface area contributed by atoms with Crippen LogP contribution in [0.1, 0.15) is 0 Å². The number of anilines is 1. The molecule has 2 nitrogen and oxygen atoms in total. The molecule has 0 aliphatic rings. The van der Waals surface area contributed by atoms with Gasteiger partial charge in [0.15, 0.2) is 0 Å². The highest BCUT2D eigenvalue weighted by molar-refractivity contribution is 5.42. The first kappa shape index (κ1) is 12.8. The third kappa shape index (κ3) is 5.02. The molecule has 0 saturated heterocycles. The van der Waals surface area contributed by atoms with Crippen LogP contribution < -0.4 is 5.32 Å². The lowest BCUT2D eigenvalue weighted by Crippen LogP contribution is -2.29. The molecule has 0 aromatic heterocycles. The maximum Gasteiger partial charge on any atom is 0.251 e. The molecule has 0 unspecified atom stereocenters. The summed E-state index contributed by atoms with van der Waals surface area (Å²) >= 11 is 0. The molecular weight excluding hydrogens is 217 g/mol. The van der Waals surface area contributed by atoms with E-state index in [2.05, 4.69) is 5.32 Å². The van der Waals surface area contributed by atoms with E-state index in [0.29, 0.717) is 18.8 Å². The molecule has 1 aromatic carbocycles. The van der Waals surface area contributed by atoms with E-state index in [1.54, 1.807) is 19.2 Å². The number of alkyl halides is 2. The van der Waals surface area contributed by atoms with Gasteiger partial charge in [0.05, 0.1) is 6.54 Å². The van der Waals surface area contributed by atoms with Crippen LogP contribution in [0.2, 0.25) is 0 Å². The largest absolute Gasteiger partial charge is 0.384 e. The Kier molecular flexibility index (Phi) is 5.11. The molecule has 0 saturated carbocycles. The fourth-order valence-electron chi connectivity index (χ4n) is 1.32. The van der Waals surface area contributed by atoms with E-state index in [0.717, 1.165) is 0 Å². The fourth-order valence-corrected chi connectivity index (χ4v) is 1.32. The van der Waals surface area contributed by atoms with Crippen LogP contribution in [0.15, 0.2) is 24.3 Å². The Hall–Kier alpha value is -1.23. The molecule has 0 heterocycles. The monoisotopic (exact) mass is 232 g/mol. The molecule has 0 amide bonds. The second-order valence-corrected chi connectivity index (χ2v) is 3.59. The molecule has 0 spiro atoms. The van der Waals surface area contributed by atoms with E-state index in [1.165, 1.54) is 17.0 Å². The quantitative estimate of drug-likeness (QED) is 0.810. The van der Waals surface area contributed by atoms with Gasteiger partial charge in [-0.2, -0.15) is 0 Å². The normalized spacial score (nSPS) is 11.1. The van der Waals surface area contributed by atoms with Crippen LogP contribution in [0, 0.1) is 5.82 Å². The Morgan fingerprint density at radius 1 is 1.38 bits per heavy atom. The average molecular weight is 232 g/mol. The standard InChI is InChI=1S/C11H15F3N2/c1-16(8-11(13)14)6-5-15-10-4-2-3-9(12)7-10/h2-4,7,11,15H,5-6,8H2,1H3. The lowest BCUT2D eigenvalue weighted by atomic mass is 10.3. The summed E-state index contributed by atoms with van der Waals surface area (Å²) in [5, 5.41) is 2.96. The van der Waals surface area contributed by atoms with Gasteiger partial charge in [-0.15, -0.1) is 0 Å². The van der Waals surface area contributed by atoms with E-state index >= 15 is 0 Å². The first-order valence-electron chi connectivity index (χ1n) is 5.04. The van der Waals surface area contributed by atoms with Crippen LogP contribution in [0.5, 0.6) is 0 Å². The van der Waals surface area contributed by atoms with E-state index < -0.39 is 6.43 Å². The molecule has 5 heteroatoms. The Balaban J connectivity index is 2.25. The van der Waals surface area contributed by atoms with Crippen LogP contribution >= 0.6 is 0 Å². The Morgan fingerprint density at radius 2 is 2.12 bits per heavy atom. The van der Waals surface area contributed by atoms with Gasteiger partial charge in [-0.25, -0.2) is 13.2 Å². The molecule has 1 rings (SSSR count). The zero-order chi connectivity index (χ0) is 12.0. The summed E-state index contributed by atoms with van der Waals surface area (Å²) in [5.41, 5.74) is 0.658. The van der Waals surface area contributed by atoms with Crippen LogP contribution in [-0.4, -0.2) is 38.0 Å². The maximum atomic E-state index is 12.8. The van der Waals surface area contributed by atoms with Gasteiger partial charge >= 0.3 is 0 Å². The van der Waals surface area contributed by atoms with Crippen molar-refractivity contribution >= 4 is 5.69 Å². The van der Waals surface area contributed by atoms with E-state index in [4.69, 9.17) is 0 Å². The Labute approximate surface area is 93.1 Å². The Morgan fingerprint density at radius 3 is 2.75 bits per heavy atom. The molecule has 0 aliphatic carbocycles. The van der Waals surface area contributed by atoms with Gasteiger partial charge in [-0.3, -0.25) is 4.90 Å². The minimum Gasteiger partial charge on any atom is -0.384 e. The van der Waals surface area contributed by atoms with Gasteiger partial charge in [0.1, 0.15) is 5.82 Å². The number of likely N-dealkylation sites (N-methyl/N-ethyl adjacent to an activating group) is 1. The molecule has 16 heavy (non-hydrogen) atoms. The molecule has 0 aliphatic heterocycles. The SMILES string of the molecule is CN(CCNc1cccc(F)c1)CC(F)F. The summed E-state index contributed by atoms with van der Waals surface area (Å²) in [4.78, 5) is 1.52. The summed E-state index contributed by atoms with van der Waals surface area (Å²) in [6.07, 6.45) is -2.32. The first-order valence-corrected chi connectivity index (χ1v) is 5.04. The summed E-state index contributed by atoms with van der Waals surface area (Å²) < 4.78 is 36.7. The van der Waals surface area contributed by atoms with Crippen molar-refractivity contribution in [3.8, 4) is 0 Å². The number of halogens is 3. The number of nitrogens with zero attached hydrogens (tertiary/aromatic N) is 1. The predicted molar refractivity (Wildman–Crippen MR) is 58.4 cm³/mol. The number of hydrogen-bond donors (Lipinski definition) is 1. The van der Waals surface area contributed by atoms with Crippen molar-refractivity contribution in [2.75, 3.05) is 32.0 Å². The number of nitrogens with one attached hydrogen (secondary N) is 1. The molecule has 0 atom stereocenters. The van der Waals surface area contributed by atoms with Gasteiger partial charge in [-0.05, 0) is 25.2 Å². The van der Waals surface area contributed by atoms with Crippen molar-refractivity contribution in [3.63, 3.8) is 0 Å². The number of rotatable bonds is 6. The molecule has 90 valence electrons. The van der Waals surface area contributed by atoms with Crippen molar-refractivity contribution in [2.45, 2.75) is 6.43 Å². The molecule has 0 fully saturated rings. The second kappa shape index (κ2) is 6.37. The van der Waals surface area contributed by atoms with Crippen LogP contribution in [0.3, 0.4) is 0 Å². The fraction of sp³-hybridized carbons (Fsp3) is 0.455. The minimum absolute atomic E-state index is 0.245. The van der Waals surface area contributed by atoms with Gasteiger partial charge in [-0.1, -0.05) is 6.07 Å². The highest BCUT2D eigenvalue weighted by Crippen LogP contribution is 2.08. The topological polar surface area (TPSA) is 15.3 Å². The zero-order valence-electron chi connectivity index (χ0n) is 9.09. The first-order chi connectivity index (χ1) is 7.58. The van der Waals surface area contributed by atoms with E-state index in [9.17, 15) is 13.2 Å². The van der Waals surface area contributed by atoms with Crippen molar-refractivity contribution < 1.29 is 13.2 Å². The van der Waals surface area contributed by atoms with Crippen LogP contribution in [0.25, 0.3) is 0 Å². The lowest BCUT2D eigenvalue weighted by Gasteiger charge is -2.16.